The van der Waals surface area contributed by atoms with Gasteiger partial charge < -0.3 is 4.98 Å². The summed E-state index contributed by atoms with van der Waals surface area (Å²) in [4.78, 5) is 22.1. The van der Waals surface area contributed by atoms with Gasteiger partial charge in [-0.15, -0.1) is 0 Å². The van der Waals surface area contributed by atoms with E-state index in [0.29, 0.717) is 6.07 Å². The lowest BCUT2D eigenvalue weighted by molar-refractivity contribution is -0.386. The van der Waals surface area contributed by atoms with Gasteiger partial charge in [-0.25, -0.2) is 8.78 Å². The number of halogens is 2. The summed E-state index contributed by atoms with van der Waals surface area (Å²) in [7, 11) is 0. The Kier molecular flexibility index (Phi) is 2.75. The molecule has 1 aromatic heterocycles. The van der Waals surface area contributed by atoms with Crippen LogP contribution in [0, 0.1) is 21.4 Å². The lowest BCUT2D eigenvalue weighted by Crippen LogP contribution is -2.13. The number of aromatic amines is 1. The zero-order valence-corrected chi connectivity index (χ0v) is 7.03. The van der Waals surface area contributed by atoms with Crippen LogP contribution in [0.2, 0.25) is 0 Å². The van der Waals surface area contributed by atoms with Gasteiger partial charge in [0.1, 0.15) is 6.07 Å². The van der Waals surface area contributed by atoms with Crippen LogP contribution in [-0.4, -0.2) is 9.91 Å². The van der Waals surface area contributed by atoms with Crippen LogP contribution in [0.25, 0.3) is 0 Å². The number of alkyl halides is 2. The third kappa shape index (κ3) is 1.96. The number of H-pyrrole nitrogens is 1. The van der Waals surface area contributed by atoms with E-state index in [1.165, 1.54) is 6.07 Å². The van der Waals surface area contributed by atoms with Crippen molar-refractivity contribution in [3.8, 4) is 6.07 Å². The van der Waals surface area contributed by atoms with Crippen molar-refractivity contribution in [2.75, 3.05) is 0 Å². The van der Waals surface area contributed by atoms with Gasteiger partial charge in [-0.05, 0) is 0 Å². The highest BCUT2D eigenvalue weighted by atomic mass is 19.3. The van der Waals surface area contributed by atoms with E-state index in [1.54, 1.807) is 0 Å². The molecule has 0 amide bonds. The average molecular weight is 215 g/mol. The maximum Gasteiger partial charge on any atom is 0.350 e. The van der Waals surface area contributed by atoms with E-state index in [1.807, 2.05) is 4.98 Å². The summed E-state index contributed by atoms with van der Waals surface area (Å²) >= 11 is 0. The molecule has 1 aromatic rings. The summed E-state index contributed by atoms with van der Waals surface area (Å²) in [5, 5.41) is 18.8. The summed E-state index contributed by atoms with van der Waals surface area (Å²) in [6.07, 6.45) is -2.99. The van der Waals surface area contributed by atoms with E-state index in [-0.39, 0.29) is 0 Å². The molecular weight excluding hydrogens is 212 g/mol. The summed E-state index contributed by atoms with van der Waals surface area (Å²) < 4.78 is 24.3. The normalized spacial score (nSPS) is 10.0. The van der Waals surface area contributed by atoms with Gasteiger partial charge in [0.2, 0.25) is 5.69 Å². The predicted octanol–water partition coefficient (Wildman–Crippen LogP) is 1.09. The second kappa shape index (κ2) is 3.83. The monoisotopic (exact) mass is 215 g/mol. The summed E-state index contributed by atoms with van der Waals surface area (Å²) in [6.45, 7) is 0. The number of nitriles is 1. The molecule has 1 N–H and O–H groups in total. The predicted molar refractivity (Wildman–Crippen MR) is 43.4 cm³/mol. The van der Waals surface area contributed by atoms with Crippen LogP contribution in [0.3, 0.4) is 0 Å². The van der Waals surface area contributed by atoms with Crippen molar-refractivity contribution in [3.63, 3.8) is 0 Å². The van der Waals surface area contributed by atoms with Crippen LogP contribution in [0.15, 0.2) is 10.9 Å². The van der Waals surface area contributed by atoms with Gasteiger partial charge in [-0.3, -0.25) is 14.9 Å². The van der Waals surface area contributed by atoms with Crippen molar-refractivity contribution in [3.05, 3.63) is 37.8 Å². The Hall–Kier alpha value is -2.30. The van der Waals surface area contributed by atoms with Gasteiger partial charge in [0, 0.05) is 6.07 Å². The quantitative estimate of drug-likeness (QED) is 0.589. The zero-order chi connectivity index (χ0) is 11.6. The molecule has 6 nitrogen and oxygen atoms in total. The van der Waals surface area contributed by atoms with E-state index in [2.05, 4.69) is 0 Å². The van der Waals surface area contributed by atoms with Gasteiger partial charge in [-0.2, -0.15) is 5.26 Å². The van der Waals surface area contributed by atoms with E-state index < -0.39 is 33.9 Å². The van der Waals surface area contributed by atoms with Crippen molar-refractivity contribution in [1.82, 2.24) is 4.98 Å². The molecule has 0 aromatic carbocycles. The smallest absolute Gasteiger partial charge is 0.340 e. The number of aromatic nitrogens is 1. The van der Waals surface area contributed by atoms with Crippen LogP contribution in [-0.2, 0) is 0 Å². The van der Waals surface area contributed by atoms with E-state index in [9.17, 15) is 23.7 Å². The van der Waals surface area contributed by atoms with E-state index >= 15 is 0 Å². The molecule has 0 saturated carbocycles. The van der Waals surface area contributed by atoms with Crippen LogP contribution in [0.4, 0.5) is 14.5 Å². The highest BCUT2D eigenvalue weighted by Gasteiger charge is 2.22. The minimum Gasteiger partial charge on any atom is -0.340 e. The number of nitro groups is 1. The molecule has 1 rings (SSSR count). The average Bonchev–Trinajstić information content (AvgIpc) is 2.15. The van der Waals surface area contributed by atoms with Crippen molar-refractivity contribution in [2.45, 2.75) is 6.43 Å². The second-order valence-corrected chi connectivity index (χ2v) is 2.48. The number of rotatable bonds is 2. The Balaban J connectivity index is 3.54. The number of nitrogens with zero attached hydrogens (tertiary/aromatic N) is 2. The fourth-order valence-corrected chi connectivity index (χ4v) is 0.952. The fraction of sp³-hybridized carbons (Fsp3) is 0.143. The van der Waals surface area contributed by atoms with Crippen molar-refractivity contribution < 1.29 is 13.7 Å². The summed E-state index contributed by atoms with van der Waals surface area (Å²) in [5.74, 6) is 0. The van der Waals surface area contributed by atoms with E-state index in [0.717, 1.165) is 0 Å². The molecule has 0 aliphatic heterocycles. The summed E-state index contributed by atoms with van der Waals surface area (Å²) in [5.41, 5.74) is -3.84. The van der Waals surface area contributed by atoms with Crippen molar-refractivity contribution in [2.24, 2.45) is 0 Å². The van der Waals surface area contributed by atoms with Crippen molar-refractivity contribution >= 4 is 5.69 Å². The van der Waals surface area contributed by atoms with Crippen LogP contribution in [0.5, 0.6) is 0 Å². The van der Waals surface area contributed by atoms with Gasteiger partial charge >= 0.3 is 5.69 Å². The number of pyridine rings is 1. The summed E-state index contributed by atoms with van der Waals surface area (Å²) in [6, 6.07) is 1.69. The first-order valence-electron chi connectivity index (χ1n) is 3.57. The maximum absolute atomic E-state index is 12.1. The molecule has 1 heterocycles. The Bertz CT molecular complexity index is 503. The number of nitrogens with one attached hydrogen (secondary N) is 1. The maximum atomic E-state index is 12.1. The molecule has 8 heteroatoms. The minimum absolute atomic E-state index is 0.406. The number of hydrogen-bond donors (Lipinski definition) is 1. The first kappa shape index (κ1) is 10.8. The molecule has 0 unspecified atom stereocenters. The van der Waals surface area contributed by atoms with Gasteiger partial charge in [-0.1, -0.05) is 0 Å². The SMILES string of the molecule is N#Cc1[nH]c(C(F)F)cc(=O)c1[N+](=O)[O-]. The molecule has 0 spiro atoms. The van der Waals surface area contributed by atoms with Gasteiger partial charge in [0.05, 0.1) is 10.6 Å². The molecule has 0 aliphatic carbocycles. The zero-order valence-electron chi connectivity index (χ0n) is 7.03. The third-order valence-corrected chi connectivity index (χ3v) is 1.56. The number of hydrogen-bond acceptors (Lipinski definition) is 4. The Morgan fingerprint density at radius 2 is 2.20 bits per heavy atom. The first-order valence-corrected chi connectivity index (χ1v) is 3.57. The first-order chi connectivity index (χ1) is 6.97. The molecule has 0 atom stereocenters. The van der Waals surface area contributed by atoms with E-state index in [4.69, 9.17) is 5.26 Å². The molecule has 0 saturated heterocycles. The second-order valence-electron chi connectivity index (χ2n) is 2.48. The molecule has 15 heavy (non-hydrogen) atoms. The lowest BCUT2D eigenvalue weighted by atomic mass is 10.2. The highest BCUT2D eigenvalue weighted by Crippen LogP contribution is 2.18. The van der Waals surface area contributed by atoms with Crippen LogP contribution in [0.1, 0.15) is 17.8 Å². The molecule has 0 aliphatic rings. The molecular formula is C7H3F2N3O3. The molecule has 0 bridgehead atoms. The third-order valence-electron chi connectivity index (χ3n) is 1.56. The van der Waals surface area contributed by atoms with Crippen molar-refractivity contribution in [1.29, 1.82) is 5.26 Å². The largest absolute Gasteiger partial charge is 0.350 e. The van der Waals surface area contributed by atoms with Crippen LogP contribution >= 0.6 is 0 Å². The fourth-order valence-electron chi connectivity index (χ4n) is 0.952. The molecule has 0 radical (unpaired) electrons. The van der Waals surface area contributed by atoms with Gasteiger partial charge in [0.15, 0.2) is 0 Å². The highest BCUT2D eigenvalue weighted by molar-refractivity contribution is 5.44. The molecule has 78 valence electrons. The van der Waals surface area contributed by atoms with Crippen LogP contribution < -0.4 is 5.43 Å². The Morgan fingerprint density at radius 1 is 1.60 bits per heavy atom. The van der Waals surface area contributed by atoms with Gasteiger partial charge in [0.25, 0.3) is 11.9 Å². The standard InChI is InChI=1S/C7H3F2N3O3/c8-7(9)3-1-5(13)6(12(14)15)4(2-10)11-3/h1,7H,(H,11,13). The Morgan fingerprint density at radius 3 is 2.60 bits per heavy atom. The molecule has 0 fully saturated rings. The Labute approximate surface area is 80.9 Å². The lowest BCUT2D eigenvalue weighted by Gasteiger charge is -2.00. The minimum atomic E-state index is -2.99. The topological polar surface area (TPSA) is 99.8 Å².